The van der Waals surface area contributed by atoms with Crippen LogP contribution in [0.15, 0.2) is 47.5 Å². The molecule has 0 aliphatic carbocycles. The highest BCUT2D eigenvalue weighted by molar-refractivity contribution is 6.06. The van der Waals surface area contributed by atoms with Crippen molar-refractivity contribution in [3.63, 3.8) is 0 Å². The number of hydrogen-bond donors (Lipinski definition) is 2. The van der Waals surface area contributed by atoms with Crippen LogP contribution in [0, 0.1) is 13.8 Å². The van der Waals surface area contributed by atoms with Crippen LogP contribution < -0.4 is 15.8 Å². The SMILES string of the molecule is CCCc1cc(C)[nH]c(=O)c1CNC(=O)c1cc(-c2ccc(N3CCN(C)CC3)nc2)c2ccn(CC)c2c1C.Cl. The molecular formula is C32H41ClN6O2. The first kappa shape index (κ1) is 30.3. The number of piperazine rings is 1. The van der Waals surface area contributed by atoms with Crippen molar-refractivity contribution in [3.8, 4) is 11.1 Å². The average Bonchev–Trinajstić information content (AvgIpc) is 3.38. The van der Waals surface area contributed by atoms with Gasteiger partial charge in [-0.05, 0) is 81.3 Å². The number of nitrogens with one attached hydrogen (secondary N) is 2. The van der Waals surface area contributed by atoms with Gasteiger partial charge in [-0.2, -0.15) is 0 Å². The number of hydrogen-bond acceptors (Lipinski definition) is 5. The number of H-pyrrole nitrogens is 1. The Balaban J connectivity index is 0.00000387. The quantitative estimate of drug-likeness (QED) is 0.305. The van der Waals surface area contributed by atoms with E-state index in [1.54, 1.807) is 0 Å². The van der Waals surface area contributed by atoms with Gasteiger partial charge in [-0.15, -0.1) is 12.4 Å². The van der Waals surface area contributed by atoms with Gasteiger partial charge in [0.25, 0.3) is 11.5 Å². The van der Waals surface area contributed by atoms with Crippen molar-refractivity contribution in [2.75, 3.05) is 38.1 Å². The third kappa shape index (κ3) is 6.19. The average molecular weight is 577 g/mol. The smallest absolute Gasteiger partial charge is 0.253 e. The van der Waals surface area contributed by atoms with E-state index in [1.165, 1.54) is 0 Å². The number of likely N-dealkylation sites (N-methyl/N-ethyl adjacent to an activating group) is 1. The van der Waals surface area contributed by atoms with Crippen LogP contribution in [0.2, 0.25) is 0 Å². The number of nitrogens with zero attached hydrogens (tertiary/aromatic N) is 4. The number of halogens is 1. The number of amides is 1. The summed E-state index contributed by atoms with van der Waals surface area (Å²) in [6.45, 7) is 13.1. The first-order chi connectivity index (χ1) is 19.3. The Labute approximate surface area is 248 Å². The van der Waals surface area contributed by atoms with Gasteiger partial charge in [0.05, 0.1) is 5.52 Å². The molecular weight excluding hydrogens is 536 g/mol. The summed E-state index contributed by atoms with van der Waals surface area (Å²) >= 11 is 0. The lowest BCUT2D eigenvalue weighted by molar-refractivity contribution is 0.0950. The Morgan fingerprint density at radius 2 is 1.83 bits per heavy atom. The number of anilines is 1. The Morgan fingerprint density at radius 3 is 2.49 bits per heavy atom. The molecule has 41 heavy (non-hydrogen) atoms. The molecule has 1 aliphatic heterocycles. The van der Waals surface area contributed by atoms with Crippen LogP contribution in [-0.4, -0.2) is 58.6 Å². The van der Waals surface area contributed by atoms with E-state index in [4.69, 9.17) is 4.98 Å². The van der Waals surface area contributed by atoms with Crippen LogP contribution in [0.5, 0.6) is 0 Å². The molecule has 1 aliphatic rings. The first-order valence-electron chi connectivity index (χ1n) is 14.3. The van der Waals surface area contributed by atoms with E-state index in [-0.39, 0.29) is 30.4 Å². The molecule has 9 heteroatoms. The highest BCUT2D eigenvalue weighted by atomic mass is 35.5. The summed E-state index contributed by atoms with van der Waals surface area (Å²) in [5.74, 6) is 0.796. The van der Waals surface area contributed by atoms with Gasteiger partial charge in [-0.1, -0.05) is 13.3 Å². The number of aromatic amines is 1. The molecule has 0 atom stereocenters. The Morgan fingerprint density at radius 1 is 1.07 bits per heavy atom. The number of benzene rings is 1. The molecule has 0 spiro atoms. The van der Waals surface area contributed by atoms with Gasteiger partial charge in [0.1, 0.15) is 5.82 Å². The lowest BCUT2D eigenvalue weighted by atomic mass is 9.95. The van der Waals surface area contributed by atoms with E-state index >= 15 is 0 Å². The molecule has 4 heterocycles. The lowest BCUT2D eigenvalue weighted by Gasteiger charge is -2.33. The van der Waals surface area contributed by atoms with Crippen LogP contribution in [0.1, 0.15) is 53.0 Å². The summed E-state index contributed by atoms with van der Waals surface area (Å²) in [6.07, 6.45) is 5.73. The molecule has 1 aromatic carbocycles. The number of aromatic nitrogens is 3. The van der Waals surface area contributed by atoms with Gasteiger partial charge >= 0.3 is 0 Å². The summed E-state index contributed by atoms with van der Waals surface area (Å²) in [5.41, 5.74) is 6.86. The largest absolute Gasteiger partial charge is 0.354 e. The second-order valence-electron chi connectivity index (χ2n) is 10.9. The second kappa shape index (κ2) is 12.9. The number of rotatable bonds is 8. The fourth-order valence-electron chi connectivity index (χ4n) is 5.81. The van der Waals surface area contributed by atoms with Crippen molar-refractivity contribution in [2.45, 2.75) is 53.6 Å². The zero-order valence-corrected chi connectivity index (χ0v) is 25.5. The molecule has 0 unspecified atom stereocenters. The Hall–Kier alpha value is -3.62. The van der Waals surface area contributed by atoms with E-state index in [1.807, 2.05) is 32.2 Å². The minimum absolute atomic E-state index is 0. The number of carbonyl (C=O) groups is 1. The third-order valence-corrected chi connectivity index (χ3v) is 8.08. The predicted molar refractivity (Wildman–Crippen MR) is 170 cm³/mol. The Kier molecular flexibility index (Phi) is 9.56. The van der Waals surface area contributed by atoms with Gasteiger partial charge in [-0.25, -0.2) is 4.98 Å². The van der Waals surface area contributed by atoms with Crippen molar-refractivity contribution in [2.24, 2.45) is 0 Å². The predicted octanol–water partition coefficient (Wildman–Crippen LogP) is 5.08. The summed E-state index contributed by atoms with van der Waals surface area (Å²) < 4.78 is 2.18. The first-order valence-corrected chi connectivity index (χ1v) is 14.3. The minimum Gasteiger partial charge on any atom is -0.354 e. The highest BCUT2D eigenvalue weighted by Gasteiger charge is 2.20. The van der Waals surface area contributed by atoms with Crippen molar-refractivity contribution in [1.82, 2.24) is 24.8 Å². The number of aryl methyl sites for hydroxylation is 4. The van der Waals surface area contributed by atoms with Crippen LogP contribution in [0.3, 0.4) is 0 Å². The maximum absolute atomic E-state index is 13.7. The van der Waals surface area contributed by atoms with E-state index in [2.05, 4.69) is 70.0 Å². The van der Waals surface area contributed by atoms with Gasteiger partial charge in [0.2, 0.25) is 0 Å². The maximum atomic E-state index is 13.7. The van der Waals surface area contributed by atoms with Crippen LogP contribution in [0.4, 0.5) is 5.82 Å². The lowest BCUT2D eigenvalue weighted by Crippen LogP contribution is -2.44. The molecule has 0 saturated carbocycles. The van der Waals surface area contributed by atoms with Crippen molar-refractivity contribution in [1.29, 1.82) is 0 Å². The molecule has 0 radical (unpaired) electrons. The van der Waals surface area contributed by atoms with E-state index in [9.17, 15) is 9.59 Å². The van der Waals surface area contributed by atoms with Crippen LogP contribution in [-0.2, 0) is 19.5 Å². The molecule has 0 bridgehead atoms. The summed E-state index contributed by atoms with van der Waals surface area (Å²) in [4.78, 5) is 38.8. The molecule has 5 rings (SSSR count). The third-order valence-electron chi connectivity index (χ3n) is 8.08. The topological polar surface area (TPSA) is 86.3 Å². The number of carbonyl (C=O) groups excluding carboxylic acids is 1. The molecule has 1 fully saturated rings. The number of pyridine rings is 2. The van der Waals surface area contributed by atoms with Crippen molar-refractivity contribution >= 4 is 35.0 Å². The van der Waals surface area contributed by atoms with Gasteiger partial charge in [0, 0.05) is 79.4 Å². The normalized spacial score (nSPS) is 13.8. The molecule has 4 aromatic rings. The monoisotopic (exact) mass is 576 g/mol. The summed E-state index contributed by atoms with van der Waals surface area (Å²) in [6, 6.07) is 10.3. The zero-order valence-electron chi connectivity index (χ0n) is 24.7. The minimum atomic E-state index is -0.186. The molecule has 2 N–H and O–H groups in total. The highest BCUT2D eigenvalue weighted by Crippen LogP contribution is 2.34. The molecule has 1 saturated heterocycles. The zero-order chi connectivity index (χ0) is 28.4. The van der Waals surface area contributed by atoms with E-state index < -0.39 is 0 Å². The van der Waals surface area contributed by atoms with E-state index in [0.717, 1.165) is 90.2 Å². The number of fused-ring (bicyclic) bond motifs is 1. The van der Waals surface area contributed by atoms with Crippen LogP contribution >= 0.6 is 12.4 Å². The standard InChI is InChI=1S/C32H40N6O2.ClH/c1-6-8-23-17-21(3)35-32(40)28(23)20-34-31(39)26-18-27(25-11-12-37(7-2)30(25)22(26)4)24-9-10-29(33-19-24)38-15-13-36(5)14-16-38;/h9-12,17-19H,6-8,13-16,20H2,1-5H3,(H,34,39)(H,35,40);1H. The van der Waals surface area contributed by atoms with Gasteiger partial charge in [-0.3, -0.25) is 9.59 Å². The van der Waals surface area contributed by atoms with Gasteiger partial charge < -0.3 is 24.7 Å². The summed E-state index contributed by atoms with van der Waals surface area (Å²) in [7, 11) is 2.15. The molecule has 3 aromatic heterocycles. The molecule has 8 nitrogen and oxygen atoms in total. The van der Waals surface area contributed by atoms with Gasteiger partial charge in [0.15, 0.2) is 0 Å². The van der Waals surface area contributed by atoms with Crippen molar-refractivity contribution in [3.05, 3.63) is 81.0 Å². The molecule has 218 valence electrons. The fraction of sp³-hybridized carbons (Fsp3) is 0.406. The van der Waals surface area contributed by atoms with E-state index in [0.29, 0.717) is 11.1 Å². The molecule has 1 amide bonds. The van der Waals surface area contributed by atoms with Crippen molar-refractivity contribution < 1.29 is 4.79 Å². The van der Waals surface area contributed by atoms with Crippen LogP contribution in [0.25, 0.3) is 22.0 Å². The maximum Gasteiger partial charge on any atom is 0.253 e. The fourth-order valence-corrected chi connectivity index (χ4v) is 5.81. The Bertz CT molecular complexity index is 1580. The second-order valence-corrected chi connectivity index (χ2v) is 10.9. The summed E-state index contributed by atoms with van der Waals surface area (Å²) in [5, 5.41) is 4.15.